The monoisotopic (exact) mass is 275 g/mol. The second-order valence-electron chi connectivity index (χ2n) is 4.27. The summed E-state index contributed by atoms with van der Waals surface area (Å²) in [6.07, 6.45) is -0.00407. The zero-order chi connectivity index (χ0) is 13.4. The number of anilines is 2. The minimum Gasteiger partial charge on any atom is -0.481 e. The highest BCUT2D eigenvalue weighted by atomic mass is 32.2. The fourth-order valence-corrected chi connectivity index (χ4v) is 2.99. The molecule has 0 saturated heterocycles. The predicted molar refractivity (Wildman–Crippen MR) is 71.6 cm³/mol. The van der Waals surface area contributed by atoms with Gasteiger partial charge in [0, 0.05) is 9.79 Å². The van der Waals surface area contributed by atoms with Crippen LogP contribution < -0.4 is 5.32 Å². The van der Waals surface area contributed by atoms with Crippen molar-refractivity contribution in [3.63, 3.8) is 0 Å². The Morgan fingerprint density at radius 2 is 2.00 bits per heavy atom. The quantitative estimate of drug-likeness (QED) is 0.749. The molecule has 0 spiro atoms. The molecule has 0 saturated carbocycles. The molecule has 0 bridgehead atoms. The summed E-state index contributed by atoms with van der Waals surface area (Å²) in [5, 5.41) is 12.0. The average Bonchev–Trinajstić information content (AvgIpc) is 2.35. The third-order valence-electron chi connectivity index (χ3n) is 2.83. The van der Waals surface area contributed by atoms with E-state index in [9.17, 15) is 9.18 Å². The molecule has 1 heterocycles. The van der Waals surface area contributed by atoms with Gasteiger partial charge >= 0.3 is 5.97 Å². The van der Waals surface area contributed by atoms with Crippen LogP contribution in [0.2, 0.25) is 0 Å². The molecule has 0 radical (unpaired) electrons. The molecule has 0 aliphatic carbocycles. The Morgan fingerprint density at radius 1 is 1.16 bits per heavy atom. The van der Waals surface area contributed by atoms with Gasteiger partial charge in [-0.15, -0.1) is 0 Å². The van der Waals surface area contributed by atoms with E-state index < -0.39 is 5.97 Å². The summed E-state index contributed by atoms with van der Waals surface area (Å²) < 4.78 is 13.2. The molecule has 2 N–H and O–H groups in total. The largest absolute Gasteiger partial charge is 0.481 e. The molecule has 1 aliphatic heterocycles. The van der Waals surface area contributed by atoms with Crippen molar-refractivity contribution in [3.8, 4) is 0 Å². The third kappa shape index (κ3) is 2.42. The maximum absolute atomic E-state index is 13.2. The number of carbonyl (C=O) groups is 1. The first kappa shape index (κ1) is 12.0. The number of nitrogens with one attached hydrogen (secondary N) is 1. The van der Waals surface area contributed by atoms with Gasteiger partial charge in [0.05, 0.1) is 17.8 Å². The molecule has 5 heteroatoms. The Labute approximate surface area is 113 Å². The molecule has 0 amide bonds. The van der Waals surface area contributed by atoms with Crippen LogP contribution in [0.5, 0.6) is 0 Å². The van der Waals surface area contributed by atoms with Crippen LogP contribution in [0.4, 0.5) is 15.8 Å². The van der Waals surface area contributed by atoms with E-state index in [0.717, 1.165) is 26.7 Å². The molecule has 0 fully saturated rings. The summed E-state index contributed by atoms with van der Waals surface area (Å²) in [6.45, 7) is 0. The fourth-order valence-electron chi connectivity index (χ4n) is 2.00. The van der Waals surface area contributed by atoms with Crippen LogP contribution in [0, 0.1) is 5.82 Å². The molecular formula is C14H10FNO2S. The van der Waals surface area contributed by atoms with Crippen LogP contribution in [0.15, 0.2) is 46.2 Å². The Balaban J connectivity index is 1.95. The van der Waals surface area contributed by atoms with Crippen molar-refractivity contribution < 1.29 is 14.3 Å². The van der Waals surface area contributed by atoms with Crippen LogP contribution >= 0.6 is 11.8 Å². The molecule has 3 rings (SSSR count). The van der Waals surface area contributed by atoms with E-state index in [1.54, 1.807) is 12.1 Å². The lowest BCUT2D eigenvalue weighted by Gasteiger charge is -2.21. The normalized spacial score (nSPS) is 12.3. The molecule has 3 nitrogen and oxygen atoms in total. The minimum atomic E-state index is -0.856. The first-order valence-corrected chi connectivity index (χ1v) is 6.52. The van der Waals surface area contributed by atoms with Crippen molar-refractivity contribution >= 4 is 29.1 Å². The summed E-state index contributed by atoms with van der Waals surface area (Å²) in [7, 11) is 0. The lowest BCUT2D eigenvalue weighted by Crippen LogP contribution is -2.04. The SMILES string of the molecule is O=C(O)Cc1ccc2c(c1)Nc1ccc(F)cc1S2. The lowest BCUT2D eigenvalue weighted by molar-refractivity contribution is -0.136. The summed E-state index contributed by atoms with van der Waals surface area (Å²) >= 11 is 1.47. The van der Waals surface area contributed by atoms with Crippen molar-refractivity contribution in [2.75, 3.05) is 5.32 Å². The van der Waals surface area contributed by atoms with Crippen molar-refractivity contribution in [2.24, 2.45) is 0 Å². The van der Waals surface area contributed by atoms with E-state index in [4.69, 9.17) is 5.11 Å². The van der Waals surface area contributed by atoms with Gasteiger partial charge in [0.1, 0.15) is 5.82 Å². The van der Waals surface area contributed by atoms with Gasteiger partial charge in [-0.3, -0.25) is 4.79 Å². The Bertz CT molecular complexity index is 672. The highest BCUT2D eigenvalue weighted by Crippen LogP contribution is 2.44. The summed E-state index contributed by atoms with van der Waals surface area (Å²) in [4.78, 5) is 12.5. The smallest absolute Gasteiger partial charge is 0.307 e. The molecule has 1 aliphatic rings. The molecule has 0 unspecified atom stereocenters. The number of hydrogen-bond donors (Lipinski definition) is 2. The van der Waals surface area contributed by atoms with Crippen molar-refractivity contribution in [1.29, 1.82) is 0 Å². The van der Waals surface area contributed by atoms with Gasteiger partial charge in [-0.25, -0.2) is 4.39 Å². The molecule has 0 aromatic heterocycles. The highest BCUT2D eigenvalue weighted by Gasteiger charge is 2.16. The van der Waals surface area contributed by atoms with Crippen molar-refractivity contribution in [1.82, 2.24) is 0 Å². The number of fused-ring (bicyclic) bond motifs is 2. The maximum atomic E-state index is 13.2. The highest BCUT2D eigenvalue weighted by molar-refractivity contribution is 7.99. The summed E-state index contributed by atoms with van der Waals surface area (Å²) in [5.74, 6) is -1.12. The van der Waals surface area contributed by atoms with Gasteiger partial charge in [-0.05, 0) is 35.9 Å². The molecule has 2 aromatic carbocycles. The lowest BCUT2D eigenvalue weighted by atomic mass is 10.1. The molecule has 19 heavy (non-hydrogen) atoms. The van der Waals surface area contributed by atoms with Gasteiger partial charge in [0.2, 0.25) is 0 Å². The number of aliphatic carboxylic acids is 1. The van der Waals surface area contributed by atoms with Gasteiger partial charge in [0.15, 0.2) is 0 Å². The van der Waals surface area contributed by atoms with Gasteiger partial charge in [-0.2, -0.15) is 0 Å². The molecule has 96 valence electrons. The zero-order valence-electron chi connectivity index (χ0n) is 9.81. The number of carboxylic acid groups (broad SMARTS) is 1. The summed E-state index contributed by atoms with van der Waals surface area (Å²) in [5.41, 5.74) is 2.44. The first-order chi connectivity index (χ1) is 9.11. The van der Waals surface area contributed by atoms with E-state index >= 15 is 0 Å². The molecule has 2 aromatic rings. The van der Waals surface area contributed by atoms with Gasteiger partial charge < -0.3 is 10.4 Å². The summed E-state index contributed by atoms with van der Waals surface area (Å²) in [6, 6.07) is 10.0. The average molecular weight is 275 g/mol. The van der Waals surface area contributed by atoms with E-state index in [0.29, 0.717) is 0 Å². The van der Waals surface area contributed by atoms with Gasteiger partial charge in [-0.1, -0.05) is 17.8 Å². The van der Waals surface area contributed by atoms with E-state index in [1.165, 1.54) is 23.9 Å². The molecule has 0 atom stereocenters. The van der Waals surface area contributed by atoms with Crippen molar-refractivity contribution in [3.05, 3.63) is 47.8 Å². The minimum absolute atomic E-state index is 0.00407. The number of carboxylic acids is 1. The van der Waals surface area contributed by atoms with Crippen LogP contribution in [0.1, 0.15) is 5.56 Å². The number of hydrogen-bond acceptors (Lipinski definition) is 3. The number of halogens is 1. The Morgan fingerprint density at radius 3 is 2.79 bits per heavy atom. The second-order valence-corrected chi connectivity index (χ2v) is 5.35. The topological polar surface area (TPSA) is 49.3 Å². The zero-order valence-corrected chi connectivity index (χ0v) is 10.6. The van der Waals surface area contributed by atoms with Crippen LogP contribution in [0.3, 0.4) is 0 Å². The standard InChI is InChI=1S/C14H10FNO2S/c15-9-2-3-10-13(7-9)19-12-4-1-8(6-14(17)18)5-11(12)16-10/h1-5,7,16H,6H2,(H,17,18). The van der Waals surface area contributed by atoms with E-state index in [-0.39, 0.29) is 12.2 Å². The van der Waals surface area contributed by atoms with Crippen LogP contribution in [-0.2, 0) is 11.2 Å². The Hall–Kier alpha value is -2.01. The molecular weight excluding hydrogens is 265 g/mol. The number of benzene rings is 2. The maximum Gasteiger partial charge on any atom is 0.307 e. The predicted octanol–water partition coefficient (Wildman–Crippen LogP) is 3.66. The van der Waals surface area contributed by atoms with E-state index in [2.05, 4.69) is 5.32 Å². The van der Waals surface area contributed by atoms with Gasteiger partial charge in [0.25, 0.3) is 0 Å². The first-order valence-electron chi connectivity index (χ1n) is 5.71. The second kappa shape index (κ2) is 4.59. The fraction of sp³-hybridized carbons (Fsp3) is 0.0714. The third-order valence-corrected chi connectivity index (χ3v) is 3.97. The van der Waals surface area contributed by atoms with Crippen LogP contribution in [-0.4, -0.2) is 11.1 Å². The van der Waals surface area contributed by atoms with Crippen molar-refractivity contribution in [2.45, 2.75) is 16.2 Å². The number of rotatable bonds is 2. The Kier molecular flexibility index (Phi) is 2.91. The van der Waals surface area contributed by atoms with E-state index in [1.807, 2.05) is 12.1 Å². The van der Waals surface area contributed by atoms with Crippen LogP contribution in [0.25, 0.3) is 0 Å².